The minimum Gasteiger partial charge on any atom is -0.478 e. The number of hydrogen-bond donors (Lipinski definition) is 1. The van der Waals surface area contributed by atoms with Gasteiger partial charge in [0.1, 0.15) is 11.3 Å². The van der Waals surface area contributed by atoms with Gasteiger partial charge in [-0.1, -0.05) is 0 Å². The number of carboxylic acids is 1. The topological polar surface area (TPSA) is 81.4 Å². The summed E-state index contributed by atoms with van der Waals surface area (Å²) in [7, 11) is 0. The number of ether oxygens (including phenoxy) is 1. The van der Waals surface area contributed by atoms with Crippen LogP contribution >= 0.6 is 0 Å². The number of rotatable bonds is 5. The van der Waals surface area contributed by atoms with Crippen LogP contribution in [-0.4, -0.2) is 33.4 Å². The fourth-order valence-electron chi connectivity index (χ4n) is 2.86. The Hall–Kier alpha value is -1.99. The molecular weight excluding hydrogens is 298 g/mol. The lowest BCUT2D eigenvalue weighted by molar-refractivity contribution is -0.149. The molecule has 1 N–H and O–H groups in total. The lowest BCUT2D eigenvalue weighted by atomic mass is 9.86. The van der Waals surface area contributed by atoms with Gasteiger partial charge in [0.25, 0.3) is 6.43 Å². The van der Waals surface area contributed by atoms with E-state index in [4.69, 9.17) is 9.84 Å². The first-order valence-corrected chi connectivity index (χ1v) is 7.21. The zero-order chi connectivity index (χ0) is 16.3. The van der Waals surface area contributed by atoms with Crippen molar-refractivity contribution in [2.45, 2.75) is 45.1 Å². The Morgan fingerprint density at radius 1 is 1.41 bits per heavy atom. The lowest BCUT2D eigenvalue weighted by Crippen LogP contribution is -2.26. The quantitative estimate of drug-likeness (QED) is 0.845. The highest BCUT2D eigenvalue weighted by Gasteiger charge is 2.32. The number of alkyl halides is 2. The average Bonchev–Trinajstić information content (AvgIpc) is 2.93. The minimum absolute atomic E-state index is 0.222. The number of aromatic carboxylic acids is 1. The van der Waals surface area contributed by atoms with Crippen molar-refractivity contribution >= 4 is 11.9 Å². The first kappa shape index (κ1) is 16.4. The van der Waals surface area contributed by atoms with Gasteiger partial charge in [-0.2, -0.15) is 5.10 Å². The molecule has 22 heavy (non-hydrogen) atoms. The molecule has 0 unspecified atom stereocenters. The molecule has 0 spiro atoms. The maximum atomic E-state index is 13.1. The summed E-state index contributed by atoms with van der Waals surface area (Å²) in [5.74, 6) is -1.90. The summed E-state index contributed by atoms with van der Waals surface area (Å²) in [4.78, 5) is 22.7. The van der Waals surface area contributed by atoms with Gasteiger partial charge >= 0.3 is 11.9 Å². The number of carbonyl (C=O) groups excluding carboxylic acids is 1. The third-order valence-electron chi connectivity index (χ3n) is 3.93. The van der Waals surface area contributed by atoms with E-state index in [-0.39, 0.29) is 17.9 Å². The molecule has 0 aromatic carbocycles. The van der Waals surface area contributed by atoms with Crippen molar-refractivity contribution in [1.82, 2.24) is 9.78 Å². The van der Waals surface area contributed by atoms with Gasteiger partial charge in [-0.25, -0.2) is 13.6 Å². The van der Waals surface area contributed by atoms with Gasteiger partial charge in [0, 0.05) is 0 Å². The maximum absolute atomic E-state index is 13.1. The highest BCUT2D eigenvalue weighted by atomic mass is 19.3. The fraction of sp³-hybridized carbons (Fsp3) is 0.643. The second kappa shape index (κ2) is 6.85. The summed E-state index contributed by atoms with van der Waals surface area (Å²) in [6.45, 7) is 2.05. The van der Waals surface area contributed by atoms with E-state index in [0.29, 0.717) is 32.3 Å². The summed E-state index contributed by atoms with van der Waals surface area (Å²) < 4.78 is 32.4. The van der Waals surface area contributed by atoms with Gasteiger partial charge < -0.3 is 9.84 Å². The molecule has 1 heterocycles. The molecule has 1 aromatic heterocycles. The molecule has 0 atom stereocenters. The summed E-state index contributed by atoms with van der Waals surface area (Å²) in [5, 5.41) is 12.8. The second-order valence-corrected chi connectivity index (χ2v) is 5.25. The molecule has 1 aliphatic carbocycles. The van der Waals surface area contributed by atoms with Crippen LogP contribution in [0.5, 0.6) is 0 Å². The second-order valence-electron chi connectivity index (χ2n) is 5.25. The Labute approximate surface area is 126 Å². The van der Waals surface area contributed by atoms with E-state index in [9.17, 15) is 18.4 Å². The molecule has 0 bridgehead atoms. The summed E-state index contributed by atoms with van der Waals surface area (Å²) in [6, 6.07) is -0.317. The smallest absolute Gasteiger partial charge is 0.339 e. The van der Waals surface area contributed by atoms with E-state index in [1.807, 2.05) is 0 Å². The van der Waals surface area contributed by atoms with Crippen LogP contribution in [0.15, 0.2) is 6.20 Å². The largest absolute Gasteiger partial charge is 0.478 e. The number of aromatic nitrogens is 2. The highest BCUT2D eigenvalue weighted by Crippen LogP contribution is 2.36. The standard InChI is InChI=1S/C14H18F2N2O4/c1-2-22-14(21)8-3-5-9(6-4-8)18-11(12(15)16)10(7-17-18)13(19)20/h7-9,12H,2-6H2,1H3,(H,19,20)/t8-,9-. The first-order chi connectivity index (χ1) is 10.5. The van der Waals surface area contributed by atoms with Gasteiger partial charge in [-0.15, -0.1) is 0 Å². The molecule has 0 aliphatic heterocycles. The number of nitrogens with zero attached hydrogens (tertiary/aromatic N) is 2. The van der Waals surface area contributed by atoms with Crippen molar-refractivity contribution in [3.8, 4) is 0 Å². The van der Waals surface area contributed by atoms with Crippen molar-refractivity contribution in [2.24, 2.45) is 5.92 Å². The number of carboxylic acid groups (broad SMARTS) is 1. The number of hydrogen-bond acceptors (Lipinski definition) is 4. The Bertz CT molecular complexity index is 551. The SMILES string of the molecule is CCOC(=O)[C@H]1CC[C@H](n2ncc(C(=O)O)c2C(F)F)CC1. The van der Waals surface area contributed by atoms with E-state index in [0.717, 1.165) is 10.9 Å². The van der Waals surface area contributed by atoms with Gasteiger partial charge in [0.2, 0.25) is 0 Å². The van der Waals surface area contributed by atoms with Gasteiger partial charge in [0.05, 0.1) is 24.8 Å². The molecular formula is C14H18F2N2O4. The predicted molar refractivity (Wildman–Crippen MR) is 71.8 cm³/mol. The van der Waals surface area contributed by atoms with Crippen molar-refractivity contribution < 1.29 is 28.2 Å². The average molecular weight is 316 g/mol. The van der Waals surface area contributed by atoms with E-state index >= 15 is 0 Å². The van der Waals surface area contributed by atoms with Crippen LogP contribution < -0.4 is 0 Å². The Morgan fingerprint density at radius 3 is 2.55 bits per heavy atom. The zero-order valence-electron chi connectivity index (χ0n) is 12.2. The van der Waals surface area contributed by atoms with Crippen molar-refractivity contribution in [1.29, 1.82) is 0 Å². The van der Waals surface area contributed by atoms with Gasteiger partial charge in [-0.3, -0.25) is 9.48 Å². The highest BCUT2D eigenvalue weighted by molar-refractivity contribution is 5.88. The van der Waals surface area contributed by atoms with Crippen LogP contribution in [0.4, 0.5) is 8.78 Å². The lowest BCUT2D eigenvalue weighted by Gasteiger charge is -2.28. The summed E-state index contributed by atoms with van der Waals surface area (Å²) >= 11 is 0. The molecule has 0 radical (unpaired) electrons. The molecule has 0 saturated heterocycles. The van der Waals surface area contributed by atoms with Crippen LogP contribution in [0.3, 0.4) is 0 Å². The molecule has 1 aromatic rings. The van der Waals surface area contributed by atoms with E-state index in [1.165, 1.54) is 0 Å². The third-order valence-corrected chi connectivity index (χ3v) is 3.93. The number of esters is 1. The van der Waals surface area contributed by atoms with E-state index in [1.54, 1.807) is 6.92 Å². The summed E-state index contributed by atoms with van der Waals surface area (Å²) in [6.07, 6.45) is 0.0780. The van der Waals surface area contributed by atoms with Gasteiger partial charge in [-0.05, 0) is 32.6 Å². The zero-order valence-corrected chi connectivity index (χ0v) is 12.2. The van der Waals surface area contributed by atoms with Crippen LogP contribution in [0.25, 0.3) is 0 Å². The maximum Gasteiger partial charge on any atom is 0.339 e. The van der Waals surface area contributed by atoms with Crippen LogP contribution in [0.1, 0.15) is 61.1 Å². The normalized spacial score (nSPS) is 21.8. The molecule has 8 heteroatoms. The Balaban J connectivity index is 2.12. The molecule has 0 amide bonds. The number of carbonyl (C=O) groups is 2. The Morgan fingerprint density at radius 2 is 2.05 bits per heavy atom. The van der Waals surface area contributed by atoms with Gasteiger partial charge in [0.15, 0.2) is 0 Å². The minimum atomic E-state index is -2.91. The van der Waals surface area contributed by atoms with Crippen molar-refractivity contribution in [3.05, 3.63) is 17.5 Å². The monoisotopic (exact) mass is 316 g/mol. The van der Waals surface area contributed by atoms with E-state index in [2.05, 4.69) is 5.10 Å². The number of halogens is 2. The molecule has 122 valence electrons. The van der Waals surface area contributed by atoms with Crippen LogP contribution in [-0.2, 0) is 9.53 Å². The third kappa shape index (κ3) is 3.26. The first-order valence-electron chi connectivity index (χ1n) is 7.21. The molecule has 1 fully saturated rings. The van der Waals surface area contributed by atoms with E-state index < -0.39 is 23.7 Å². The molecule has 1 aliphatic rings. The molecule has 6 nitrogen and oxygen atoms in total. The summed E-state index contributed by atoms with van der Waals surface area (Å²) in [5.41, 5.74) is -1.03. The van der Waals surface area contributed by atoms with Crippen molar-refractivity contribution in [2.75, 3.05) is 6.61 Å². The predicted octanol–water partition coefficient (Wildman–Crippen LogP) is 2.81. The fourth-order valence-corrected chi connectivity index (χ4v) is 2.86. The Kier molecular flexibility index (Phi) is 5.10. The molecule has 1 saturated carbocycles. The van der Waals surface area contributed by atoms with Crippen LogP contribution in [0, 0.1) is 5.92 Å². The molecule has 2 rings (SSSR count). The van der Waals surface area contributed by atoms with Crippen LogP contribution in [0.2, 0.25) is 0 Å². The van der Waals surface area contributed by atoms with Crippen molar-refractivity contribution in [3.63, 3.8) is 0 Å².